The summed E-state index contributed by atoms with van der Waals surface area (Å²) in [5, 5.41) is 0. The molecule has 0 aliphatic carbocycles. The molecule has 0 atom stereocenters. The molecule has 0 aromatic carbocycles. The minimum atomic E-state index is 0. The Bertz CT molecular complexity index is 145. The van der Waals surface area contributed by atoms with Gasteiger partial charge < -0.3 is 0 Å². The minimum Gasteiger partial charge on any atom is -0.245 e. The molecule has 0 radical (unpaired) electrons. The average Bonchev–Trinajstić information content (AvgIpc) is 1.69. The topological polar surface area (TPSA) is 25.8 Å². The van der Waals surface area contributed by atoms with Gasteiger partial charge in [-0.05, 0) is 13.0 Å². The van der Waals surface area contributed by atoms with E-state index in [-0.39, 0.29) is 37.2 Å². The summed E-state index contributed by atoms with van der Waals surface area (Å²) >= 11 is 0. The molecule has 0 bridgehead atoms. The molecule has 60 valence electrons. The Morgan fingerprint density at radius 1 is 1.20 bits per heavy atom. The quantitative estimate of drug-likeness (QED) is 0.645. The molecule has 10 heavy (non-hydrogen) atoms. The second-order valence-electron chi connectivity index (χ2n) is 1.35. The third kappa shape index (κ3) is 6.08. The first-order valence-electron chi connectivity index (χ1n) is 2.12. The normalized spacial score (nSPS) is 6.10. The zero-order valence-electron chi connectivity index (χ0n) is 5.35. The maximum Gasteiger partial charge on any atom is 0.115 e. The van der Waals surface area contributed by atoms with Crippen molar-refractivity contribution in [1.29, 1.82) is 0 Å². The fourth-order valence-electron chi connectivity index (χ4n) is 0.357. The van der Waals surface area contributed by atoms with Crippen LogP contribution in [0, 0.1) is 6.92 Å². The number of aryl methyl sites for hydroxylation is 1. The van der Waals surface area contributed by atoms with Crippen molar-refractivity contribution in [2.24, 2.45) is 0 Å². The molecule has 0 saturated carbocycles. The number of hydrogen-bond acceptors (Lipinski definition) is 2. The van der Waals surface area contributed by atoms with Gasteiger partial charge in [0.05, 0.1) is 0 Å². The van der Waals surface area contributed by atoms with E-state index in [0.717, 1.165) is 5.69 Å². The molecule has 0 spiro atoms. The second kappa shape index (κ2) is 8.95. The molecule has 1 aromatic rings. The van der Waals surface area contributed by atoms with E-state index in [1.54, 1.807) is 6.20 Å². The Hall–Kier alpha value is -0.0500. The average molecular weight is 204 g/mol. The third-order valence-corrected chi connectivity index (χ3v) is 0.730. The van der Waals surface area contributed by atoms with Crippen LogP contribution in [0.5, 0.6) is 0 Å². The van der Waals surface area contributed by atoms with Crippen LogP contribution < -0.4 is 0 Å². The molecule has 1 aromatic heterocycles. The highest BCUT2D eigenvalue weighted by atomic mass is 35.5. The Labute approximate surface area is 78.7 Å². The van der Waals surface area contributed by atoms with Crippen LogP contribution in [0.2, 0.25) is 0 Å². The zero-order chi connectivity index (χ0) is 5.11. The van der Waals surface area contributed by atoms with Crippen molar-refractivity contribution in [2.45, 2.75) is 6.92 Å². The van der Waals surface area contributed by atoms with Gasteiger partial charge in [-0.25, -0.2) is 9.97 Å². The molecular formula is C5H9Cl3N2. The van der Waals surface area contributed by atoms with Crippen molar-refractivity contribution < 1.29 is 0 Å². The lowest BCUT2D eigenvalue weighted by molar-refractivity contribution is 1.10. The smallest absolute Gasteiger partial charge is 0.115 e. The van der Waals surface area contributed by atoms with Gasteiger partial charge in [0, 0.05) is 11.9 Å². The van der Waals surface area contributed by atoms with Crippen LogP contribution >= 0.6 is 37.2 Å². The number of aromatic nitrogens is 2. The van der Waals surface area contributed by atoms with Crippen molar-refractivity contribution in [3.8, 4) is 0 Å². The van der Waals surface area contributed by atoms with Gasteiger partial charge in [0.25, 0.3) is 0 Å². The lowest BCUT2D eigenvalue weighted by Crippen LogP contribution is -1.77. The van der Waals surface area contributed by atoms with Gasteiger partial charge in [-0.2, -0.15) is 0 Å². The molecule has 0 N–H and O–H groups in total. The molecule has 0 amide bonds. The zero-order valence-corrected chi connectivity index (χ0v) is 7.80. The molecule has 5 heteroatoms. The highest BCUT2D eigenvalue weighted by molar-refractivity contribution is 5.86. The summed E-state index contributed by atoms with van der Waals surface area (Å²) < 4.78 is 0. The summed E-state index contributed by atoms with van der Waals surface area (Å²) in [7, 11) is 0. The first-order chi connectivity index (χ1) is 3.39. The van der Waals surface area contributed by atoms with Crippen LogP contribution in [0.1, 0.15) is 5.69 Å². The van der Waals surface area contributed by atoms with E-state index in [2.05, 4.69) is 9.97 Å². The van der Waals surface area contributed by atoms with E-state index in [9.17, 15) is 0 Å². The SMILES string of the molecule is Cc1ccncn1.Cl.Cl.Cl. The predicted molar refractivity (Wildman–Crippen MR) is 48.5 cm³/mol. The number of halogens is 3. The van der Waals surface area contributed by atoms with Crippen LogP contribution in [0.25, 0.3) is 0 Å². The number of nitrogens with zero attached hydrogens (tertiary/aromatic N) is 2. The highest BCUT2D eigenvalue weighted by Crippen LogP contribution is 1.82. The Morgan fingerprint density at radius 2 is 1.80 bits per heavy atom. The van der Waals surface area contributed by atoms with Crippen LogP contribution in [0.4, 0.5) is 0 Å². The lowest BCUT2D eigenvalue weighted by Gasteiger charge is -1.81. The van der Waals surface area contributed by atoms with E-state index >= 15 is 0 Å². The fourth-order valence-corrected chi connectivity index (χ4v) is 0.357. The first-order valence-corrected chi connectivity index (χ1v) is 2.12. The molecule has 0 saturated heterocycles. The number of hydrogen-bond donors (Lipinski definition) is 0. The van der Waals surface area contributed by atoms with Crippen molar-refractivity contribution in [3.05, 3.63) is 24.3 Å². The standard InChI is InChI=1S/C5H6N2.3ClH/c1-5-2-3-6-4-7-5;;;/h2-4H,1H3;3*1H. The van der Waals surface area contributed by atoms with Gasteiger partial charge in [0.1, 0.15) is 6.33 Å². The predicted octanol–water partition coefficient (Wildman–Crippen LogP) is 2.05. The van der Waals surface area contributed by atoms with Gasteiger partial charge in [-0.15, -0.1) is 37.2 Å². The van der Waals surface area contributed by atoms with Crippen LogP contribution in [0.15, 0.2) is 18.6 Å². The number of rotatable bonds is 0. The van der Waals surface area contributed by atoms with Gasteiger partial charge in [0.15, 0.2) is 0 Å². The van der Waals surface area contributed by atoms with E-state index in [1.807, 2.05) is 13.0 Å². The first kappa shape index (κ1) is 16.5. The summed E-state index contributed by atoms with van der Waals surface area (Å²) in [5.41, 5.74) is 1.01. The summed E-state index contributed by atoms with van der Waals surface area (Å²) in [6.07, 6.45) is 3.26. The molecule has 0 aliphatic heterocycles. The van der Waals surface area contributed by atoms with E-state index in [1.165, 1.54) is 6.33 Å². The van der Waals surface area contributed by atoms with E-state index in [0.29, 0.717) is 0 Å². The molecule has 2 nitrogen and oxygen atoms in total. The molecule has 1 rings (SSSR count). The maximum absolute atomic E-state index is 3.87. The van der Waals surface area contributed by atoms with Crippen molar-refractivity contribution in [3.63, 3.8) is 0 Å². The largest absolute Gasteiger partial charge is 0.245 e. The summed E-state index contributed by atoms with van der Waals surface area (Å²) in [4.78, 5) is 7.60. The summed E-state index contributed by atoms with van der Waals surface area (Å²) in [6, 6.07) is 1.86. The minimum absolute atomic E-state index is 0. The van der Waals surface area contributed by atoms with Crippen LogP contribution in [-0.2, 0) is 0 Å². The van der Waals surface area contributed by atoms with Crippen LogP contribution in [0.3, 0.4) is 0 Å². The fraction of sp³-hybridized carbons (Fsp3) is 0.200. The Morgan fingerprint density at radius 3 is 2.00 bits per heavy atom. The molecule has 0 fully saturated rings. The lowest BCUT2D eigenvalue weighted by atomic mass is 10.5. The van der Waals surface area contributed by atoms with Gasteiger partial charge in [-0.1, -0.05) is 0 Å². The molecule has 0 aliphatic rings. The monoisotopic (exact) mass is 202 g/mol. The highest BCUT2D eigenvalue weighted by Gasteiger charge is 1.74. The Balaban J connectivity index is -0.000000163. The van der Waals surface area contributed by atoms with Gasteiger partial charge in [-0.3, -0.25) is 0 Å². The molecule has 1 heterocycles. The second-order valence-corrected chi connectivity index (χ2v) is 1.35. The van der Waals surface area contributed by atoms with Crippen molar-refractivity contribution in [2.75, 3.05) is 0 Å². The van der Waals surface area contributed by atoms with E-state index < -0.39 is 0 Å². The van der Waals surface area contributed by atoms with Crippen molar-refractivity contribution >= 4 is 37.2 Å². The van der Waals surface area contributed by atoms with E-state index in [4.69, 9.17) is 0 Å². The van der Waals surface area contributed by atoms with Gasteiger partial charge >= 0.3 is 0 Å². The van der Waals surface area contributed by atoms with Crippen molar-refractivity contribution in [1.82, 2.24) is 9.97 Å². The maximum atomic E-state index is 3.87. The summed E-state index contributed by atoms with van der Waals surface area (Å²) in [5.74, 6) is 0. The molecule has 0 unspecified atom stereocenters. The van der Waals surface area contributed by atoms with Crippen LogP contribution in [-0.4, -0.2) is 9.97 Å². The third-order valence-electron chi connectivity index (χ3n) is 0.730. The Kier molecular flexibility index (Phi) is 14.8. The summed E-state index contributed by atoms with van der Waals surface area (Å²) in [6.45, 7) is 1.93. The molecular weight excluding hydrogens is 194 g/mol. The van der Waals surface area contributed by atoms with Gasteiger partial charge in [0.2, 0.25) is 0 Å².